The van der Waals surface area contributed by atoms with Gasteiger partial charge in [-0.15, -0.1) is 0 Å². The first-order valence-corrected chi connectivity index (χ1v) is 37.9. The van der Waals surface area contributed by atoms with Crippen LogP contribution in [0.3, 0.4) is 0 Å². The number of hydrogen-bond acceptors (Lipinski definition) is 14. The molecule has 0 saturated heterocycles. The number of pyridine rings is 4. The van der Waals surface area contributed by atoms with Gasteiger partial charge in [0, 0.05) is 28.2 Å². The number of aliphatic hydroxyl groups is 4. The fourth-order valence-electron chi connectivity index (χ4n) is 10.2. The second-order valence-electron chi connectivity index (χ2n) is 24.2. The Labute approximate surface area is 644 Å². The number of aliphatic imine (C=N–C) groups is 4. The van der Waals surface area contributed by atoms with E-state index in [4.69, 9.17) is 20.0 Å². The predicted octanol–water partition coefficient (Wildman–Crippen LogP) is 19.8. The maximum absolute atomic E-state index is 10.7. The number of carbonyl (C=O) groups excluding carboxylic acids is 2. The molecule has 0 aliphatic rings. The zero-order valence-corrected chi connectivity index (χ0v) is 65.7. The molecule has 0 unspecified atom stereocenters. The van der Waals surface area contributed by atoms with Crippen LogP contribution in [0.4, 0.5) is 73.1 Å². The summed E-state index contributed by atoms with van der Waals surface area (Å²) in [5.74, 6) is 0. The fraction of sp³-hybridized carbons (Fsp3) is 0.342. The summed E-state index contributed by atoms with van der Waals surface area (Å²) in [5, 5.41) is 37.6. The van der Waals surface area contributed by atoms with E-state index < -0.39 is 15.6 Å². The van der Waals surface area contributed by atoms with Crippen LogP contribution in [0.5, 0.6) is 0 Å². The van der Waals surface area contributed by atoms with E-state index in [1.807, 2.05) is 72.8 Å². The van der Waals surface area contributed by atoms with Gasteiger partial charge in [-0.05, 0) is 180 Å². The summed E-state index contributed by atoms with van der Waals surface area (Å²) in [6.45, 7) is 17.0. The van der Waals surface area contributed by atoms with Gasteiger partial charge in [0.2, 0.25) is 12.8 Å². The smallest absolute Gasteiger partial charge is 1.00 e. The molecule has 0 atom stereocenters. The summed E-state index contributed by atoms with van der Waals surface area (Å²) in [4.78, 5) is 59.0. The van der Waals surface area contributed by atoms with E-state index >= 15 is 0 Å². The Hall–Kier alpha value is -8.00. The molecule has 4 N–H and O–H groups in total. The van der Waals surface area contributed by atoms with Crippen LogP contribution in [0.15, 0.2) is 141 Å². The molecule has 0 bridgehead atoms. The summed E-state index contributed by atoms with van der Waals surface area (Å²) < 4.78 is 118. The normalized spacial score (nSPS) is 12.5. The average Bonchev–Trinajstić information content (AvgIpc) is 0.811. The second-order valence-corrected chi connectivity index (χ2v) is 28.0. The van der Waals surface area contributed by atoms with Crippen LogP contribution in [-0.2, 0) is 134 Å². The molecule has 2 amide bonds. The minimum atomic E-state index is -10.7. The zero-order chi connectivity index (χ0) is 79.8. The Morgan fingerprint density at radius 3 is 0.593 bits per heavy atom. The summed E-state index contributed by atoms with van der Waals surface area (Å²) in [6, 6.07) is 40.7. The molecule has 32 heteroatoms. The summed E-state index contributed by atoms with van der Waals surface area (Å²) in [7, 11) is -14.6. The first kappa shape index (κ1) is 98.0. The average molecular weight is 1660 g/mol. The summed E-state index contributed by atoms with van der Waals surface area (Å²) >= 11 is 0. The van der Waals surface area contributed by atoms with Crippen molar-refractivity contribution in [1.82, 2.24) is 29.7 Å². The predicted molar refractivity (Wildman–Crippen MR) is 403 cm³/mol. The minimum Gasteiger partial charge on any atom is 1.00 e. The minimum absolute atomic E-state index is 0. The topological polar surface area (TPSA) is 223 Å². The third-order valence-electron chi connectivity index (χ3n) is 14.9. The van der Waals surface area contributed by atoms with Crippen molar-refractivity contribution < 1.29 is 115 Å². The Bertz CT molecular complexity index is 3710. The number of rotatable bonds is 26. The third-order valence-corrected chi connectivity index (χ3v) is 14.9. The second kappa shape index (κ2) is 43.4. The number of nitrogens with zero attached hydrogens (tertiary/aromatic N) is 10. The van der Waals surface area contributed by atoms with Crippen LogP contribution in [0.2, 0.25) is 0 Å². The fourth-order valence-corrected chi connectivity index (χ4v) is 10.2. The van der Waals surface area contributed by atoms with Gasteiger partial charge in [0.15, 0.2) is 0 Å². The molecular formula is C76H94Cu2F12N10O6P2. The zero-order valence-electron chi connectivity index (χ0n) is 62.0. The molecule has 600 valence electrons. The molecule has 0 radical (unpaired) electrons. The summed E-state index contributed by atoms with van der Waals surface area (Å²) in [5.41, 5.74) is 24.5. The van der Waals surface area contributed by atoms with E-state index in [-0.39, 0.29) is 60.6 Å². The van der Waals surface area contributed by atoms with E-state index in [2.05, 4.69) is 124 Å². The Morgan fingerprint density at radius 2 is 0.472 bits per heavy atom. The molecule has 0 aliphatic heterocycles. The quantitative estimate of drug-likeness (QED) is 0.0132. The van der Waals surface area contributed by atoms with Crippen LogP contribution in [0.25, 0.3) is 0 Å². The van der Waals surface area contributed by atoms with E-state index in [0.717, 1.165) is 123 Å². The SMILES string of the molecule is CCc1cc(Cc2cc(CC)c(N=Cc3cccc(CO)n3)c(CC)c2)cc(CC)c1N=Cc1cccc(CO)n1.CCc1cc(Cc2cc(CC)c(N=Cc3cccc(CO)n3)c(CC)c2)cc(CC)c1N=Cc1cccc(CO)n1.CN(C)C=O.CN(C)C=O.F[P-](F)(F)(F)(F)F.F[P-](F)(F)(F)(F)F.[Cu+].[Cu+]. The van der Waals surface area contributed by atoms with Crippen molar-refractivity contribution in [2.75, 3.05) is 28.2 Å². The first-order chi connectivity index (χ1) is 49.5. The van der Waals surface area contributed by atoms with Gasteiger partial charge >= 0.3 is 100 Å². The molecular weight excluding hydrogens is 1570 g/mol. The number of amides is 2. The van der Waals surface area contributed by atoms with Gasteiger partial charge in [-0.1, -0.05) is 128 Å². The van der Waals surface area contributed by atoms with Crippen LogP contribution in [0.1, 0.15) is 168 Å². The van der Waals surface area contributed by atoms with Crippen molar-refractivity contribution in [2.24, 2.45) is 20.0 Å². The molecule has 8 aromatic rings. The van der Waals surface area contributed by atoms with Crippen molar-refractivity contribution in [3.05, 3.63) is 234 Å². The molecule has 0 fully saturated rings. The van der Waals surface area contributed by atoms with E-state index in [1.165, 1.54) is 76.6 Å². The number of carbonyl (C=O) groups is 2. The molecule has 4 aromatic carbocycles. The van der Waals surface area contributed by atoms with E-state index in [9.17, 15) is 80.4 Å². The largest absolute Gasteiger partial charge is 1.00 e. The van der Waals surface area contributed by atoms with Gasteiger partial charge in [0.25, 0.3) is 0 Å². The number of aryl methyl sites for hydroxylation is 8. The molecule has 0 saturated carbocycles. The monoisotopic (exact) mass is 1660 g/mol. The standard InChI is InChI=1S/2C35H40N4O2.2C3H7NO.2Cu.2F6P/c2*1-5-26-16-24(17-27(6-2)34(26)36-20-30-11-9-13-32(22-40)38-30)15-25-18-28(7-3)35(29(8-4)19-25)37-21-31-12-10-14-33(23-41)39-31;2*1-4(2)3-5;;;2*1-7(2,3,4,5)6/h2*9-14,16-21,40-41H,5-8,15,22-23H2,1-4H3;2*3H,1-2H3;;;;/q;;;;2*+1;2*-1. The number of benzene rings is 4. The number of aliphatic hydroxyl groups excluding tert-OH is 4. The number of hydrogen-bond donors (Lipinski definition) is 4. The molecule has 0 aliphatic carbocycles. The number of aromatic nitrogens is 4. The van der Waals surface area contributed by atoms with Crippen molar-refractivity contribution in [3.8, 4) is 0 Å². The Kier molecular flexibility index (Phi) is 39.4. The molecule has 4 aromatic heterocycles. The van der Waals surface area contributed by atoms with Crippen LogP contribution in [-0.4, -0.2) is 116 Å². The third kappa shape index (κ3) is 39.9. The van der Waals surface area contributed by atoms with Crippen molar-refractivity contribution in [3.63, 3.8) is 0 Å². The van der Waals surface area contributed by atoms with Gasteiger partial charge in [-0.2, -0.15) is 0 Å². The molecule has 0 spiro atoms. The van der Waals surface area contributed by atoms with Crippen LogP contribution < -0.4 is 0 Å². The molecule has 108 heavy (non-hydrogen) atoms. The van der Waals surface area contributed by atoms with Gasteiger partial charge in [0.1, 0.15) is 0 Å². The maximum atomic E-state index is 9.87. The first-order valence-electron chi connectivity index (χ1n) is 33.8. The van der Waals surface area contributed by atoms with Crippen LogP contribution in [0, 0.1) is 0 Å². The van der Waals surface area contributed by atoms with Gasteiger partial charge in [-0.3, -0.25) is 29.6 Å². The van der Waals surface area contributed by atoms with Crippen molar-refractivity contribution in [1.29, 1.82) is 0 Å². The van der Waals surface area contributed by atoms with Gasteiger partial charge in [-0.25, -0.2) is 19.9 Å². The molecule has 8 rings (SSSR count). The molecule has 4 heterocycles. The molecule has 16 nitrogen and oxygen atoms in total. The van der Waals surface area contributed by atoms with Crippen molar-refractivity contribution in [2.45, 2.75) is 146 Å². The van der Waals surface area contributed by atoms with Gasteiger partial charge < -0.3 is 30.2 Å². The van der Waals surface area contributed by atoms with Crippen molar-refractivity contribution >= 4 is 76.0 Å². The van der Waals surface area contributed by atoms with E-state index in [0.29, 0.717) is 22.8 Å². The number of halogens is 12. The Morgan fingerprint density at radius 1 is 0.324 bits per heavy atom. The van der Waals surface area contributed by atoms with E-state index in [1.54, 1.807) is 53.0 Å². The van der Waals surface area contributed by atoms with Crippen LogP contribution >= 0.6 is 15.6 Å². The Balaban J connectivity index is 0.000000815. The van der Waals surface area contributed by atoms with Gasteiger partial charge in [0.05, 0.1) is 120 Å². The summed E-state index contributed by atoms with van der Waals surface area (Å²) in [6.07, 6.45) is 17.4. The maximum Gasteiger partial charge on any atom is 1.00 e.